The second kappa shape index (κ2) is 18.7. The van der Waals surface area contributed by atoms with E-state index in [0.717, 1.165) is 19.3 Å². The Morgan fingerprint density at radius 2 is 0.810 bits per heavy atom. The summed E-state index contributed by atoms with van der Waals surface area (Å²) in [6.45, 7) is 0. The summed E-state index contributed by atoms with van der Waals surface area (Å²) in [7, 11) is 0. The second-order valence-corrected chi connectivity index (χ2v) is 26.1. The van der Waals surface area contributed by atoms with Crippen LogP contribution >= 0.6 is 22.7 Å². The van der Waals surface area contributed by atoms with Crippen LogP contribution < -0.4 is 0 Å². The van der Waals surface area contributed by atoms with Crippen LogP contribution in [0.2, 0.25) is 0 Å². The fraction of sp³-hybridized carbons (Fsp3) is 0.237. The van der Waals surface area contributed by atoms with Crippen LogP contribution in [0.5, 0.6) is 0 Å². The molecule has 0 fully saturated rings. The quantitative estimate of drug-likeness (QED) is 0.171. The van der Waals surface area contributed by atoms with Gasteiger partial charge in [0.2, 0.25) is 0 Å². The van der Waals surface area contributed by atoms with Crippen molar-refractivity contribution in [2.75, 3.05) is 0 Å². The fourth-order valence-electron chi connectivity index (χ4n) is 15.7. The highest BCUT2D eigenvalue weighted by Gasteiger charge is 2.27. The van der Waals surface area contributed by atoms with E-state index < -0.39 is 0 Å². The third kappa shape index (κ3) is 7.66. The zero-order valence-electron chi connectivity index (χ0n) is 45.0. The molecule has 1 atom stereocenters. The summed E-state index contributed by atoms with van der Waals surface area (Å²) in [6.07, 6.45) is 25.8. The highest BCUT2D eigenvalue weighted by molar-refractivity contribution is 7.26. The van der Waals surface area contributed by atoms with Gasteiger partial charge in [-0.1, -0.05) is 96.6 Å². The van der Waals surface area contributed by atoms with Crippen molar-refractivity contribution < 1.29 is 0 Å². The molecule has 3 heterocycles. The topological polar surface area (TPSA) is 15.8 Å². The molecule has 1 N–H and O–H groups in total. The predicted molar refractivity (Wildman–Crippen MR) is 341 cm³/mol. The number of rotatable bonds is 6. The van der Waals surface area contributed by atoms with Crippen LogP contribution in [-0.2, 0) is 38.5 Å². The Morgan fingerprint density at radius 1 is 0.354 bits per heavy atom. The molecule has 79 heavy (non-hydrogen) atoms. The molecule has 5 aliphatic carbocycles. The summed E-state index contributed by atoms with van der Waals surface area (Å²) < 4.78 is 5.51. The van der Waals surface area contributed by atoms with Crippen molar-refractivity contribution in [1.82, 2.24) is 4.98 Å². The van der Waals surface area contributed by atoms with E-state index in [9.17, 15) is 0 Å². The Morgan fingerprint density at radius 3 is 1.39 bits per heavy atom. The summed E-state index contributed by atoms with van der Waals surface area (Å²) in [5, 5.41) is 8.13. The van der Waals surface area contributed by atoms with Gasteiger partial charge in [-0.2, -0.15) is 0 Å². The van der Waals surface area contributed by atoms with Gasteiger partial charge in [0.05, 0.1) is 0 Å². The molecule has 0 radical (unpaired) electrons. The minimum atomic E-state index is 0.483. The normalized spacial score (nSPS) is 17.3. The Bertz CT molecular complexity index is 4600. The number of aromatic nitrogens is 1. The van der Waals surface area contributed by atoms with Gasteiger partial charge in [-0.15, -0.1) is 22.7 Å². The van der Waals surface area contributed by atoms with Gasteiger partial charge >= 0.3 is 0 Å². The molecule has 0 saturated carbocycles. The number of benzene rings is 9. The van der Waals surface area contributed by atoms with Crippen LogP contribution in [0.4, 0.5) is 0 Å². The SMILES string of the molecule is C1=CC2=C(CCCC2)C(c2ccc3sc4c(-c5ccc6[nH]c7ccc(-c8cc(-c9cccc%10c9CCCC%10)cc9c8sc8ccc(-c%10cccc%11c%10CCCC%11)cc89)cc7c6c5)cc(-c5cccc6c5CCCC6)cc4c3c2)C1. The van der Waals surface area contributed by atoms with Crippen molar-refractivity contribution in [3.05, 3.63) is 214 Å². The molecule has 0 amide bonds. The number of aryl methyl sites for hydroxylation is 3. The average Bonchev–Trinajstić information content (AvgIpc) is 4.43. The number of hydrogen-bond donors (Lipinski definition) is 1. The zero-order valence-corrected chi connectivity index (χ0v) is 46.6. The molecule has 12 aromatic rings. The van der Waals surface area contributed by atoms with Crippen LogP contribution in [0.1, 0.15) is 115 Å². The van der Waals surface area contributed by atoms with Crippen LogP contribution in [0, 0.1) is 0 Å². The van der Waals surface area contributed by atoms with E-state index in [1.165, 1.54) is 224 Å². The lowest BCUT2D eigenvalue weighted by atomic mass is 9.76. The third-order valence-electron chi connectivity index (χ3n) is 19.6. The first-order valence-electron chi connectivity index (χ1n) is 29.9. The maximum Gasteiger partial charge on any atom is 0.0465 e. The Balaban J connectivity index is 0.847. The molecule has 0 saturated heterocycles. The maximum atomic E-state index is 3.89. The van der Waals surface area contributed by atoms with Crippen molar-refractivity contribution in [3.8, 4) is 55.6 Å². The first-order chi connectivity index (χ1) is 39.1. The summed E-state index contributed by atoms with van der Waals surface area (Å²) >= 11 is 3.96. The Kier molecular flexibility index (Phi) is 11.0. The molecule has 0 spiro atoms. The lowest BCUT2D eigenvalue weighted by molar-refractivity contribution is 0.616. The summed E-state index contributed by atoms with van der Waals surface area (Å²) in [5.74, 6) is 0.483. The zero-order chi connectivity index (χ0) is 51.7. The van der Waals surface area contributed by atoms with E-state index in [-0.39, 0.29) is 0 Å². The molecule has 0 bridgehead atoms. The minimum absolute atomic E-state index is 0.483. The summed E-state index contributed by atoms with van der Waals surface area (Å²) in [4.78, 5) is 3.89. The number of fused-ring (bicyclic) bond motifs is 12. The minimum Gasteiger partial charge on any atom is -0.355 e. The highest BCUT2D eigenvalue weighted by Crippen LogP contribution is 2.50. The van der Waals surface area contributed by atoms with Crippen LogP contribution in [0.3, 0.4) is 0 Å². The molecule has 0 aliphatic heterocycles. The number of aromatic amines is 1. The molecule has 384 valence electrons. The summed E-state index contributed by atoms with van der Waals surface area (Å²) in [5.41, 5.74) is 30.0. The number of allylic oxidation sites excluding steroid dienone is 4. The van der Waals surface area contributed by atoms with Gasteiger partial charge in [-0.3, -0.25) is 0 Å². The van der Waals surface area contributed by atoms with Crippen LogP contribution in [-0.4, -0.2) is 4.98 Å². The lowest BCUT2D eigenvalue weighted by Crippen LogP contribution is -2.11. The average molecular weight is 1050 g/mol. The second-order valence-electron chi connectivity index (χ2n) is 24.0. The molecular formula is C76H63NS2. The van der Waals surface area contributed by atoms with Crippen molar-refractivity contribution in [1.29, 1.82) is 0 Å². The molecule has 1 nitrogen and oxygen atoms in total. The van der Waals surface area contributed by atoms with Gasteiger partial charge in [-0.25, -0.2) is 0 Å². The standard InChI is InChI=1S/C76H63NS2/c1-5-21-55-45(13-1)17-9-25-59(55)49-31-35-73-67(39-49)69-43-53(61-27-11-19-47-15-3-7-23-57(47)61)41-63(75(69)78-73)51-29-33-71-65(37-51)66-38-52(30-34-72(66)77-71)64-42-54(62-28-12-20-48-16-4-8-24-58(48)62)44-70-68-40-50(32-36-74(68)79-76(64)70)60-26-10-18-46-14-2-6-22-56(46)60/h9-12,17-20,25,27-44,60,77H,1-8,13-16,21-24,26H2. The maximum absolute atomic E-state index is 3.89. The number of hydrogen-bond acceptors (Lipinski definition) is 2. The largest absolute Gasteiger partial charge is 0.355 e. The predicted octanol–water partition coefficient (Wildman–Crippen LogP) is 21.9. The third-order valence-corrected chi connectivity index (χ3v) is 22.0. The molecular weight excluding hydrogens is 991 g/mol. The fourth-order valence-corrected chi connectivity index (χ4v) is 18.1. The monoisotopic (exact) mass is 1050 g/mol. The van der Waals surface area contributed by atoms with E-state index in [1.807, 2.05) is 22.7 Å². The van der Waals surface area contributed by atoms with Gasteiger partial charge < -0.3 is 4.98 Å². The smallest absolute Gasteiger partial charge is 0.0465 e. The molecule has 3 heteroatoms. The van der Waals surface area contributed by atoms with Crippen molar-refractivity contribution in [2.24, 2.45) is 0 Å². The molecule has 1 unspecified atom stereocenters. The van der Waals surface area contributed by atoms with E-state index in [0.29, 0.717) is 5.92 Å². The lowest BCUT2D eigenvalue weighted by Gasteiger charge is -2.29. The molecule has 5 aliphatic rings. The van der Waals surface area contributed by atoms with Crippen LogP contribution in [0.25, 0.3) is 118 Å². The van der Waals surface area contributed by atoms with Gasteiger partial charge in [0.1, 0.15) is 0 Å². The van der Waals surface area contributed by atoms with Gasteiger partial charge in [-0.05, 0) is 271 Å². The van der Waals surface area contributed by atoms with E-state index in [1.54, 1.807) is 33.4 Å². The van der Waals surface area contributed by atoms with E-state index in [2.05, 4.69) is 169 Å². The van der Waals surface area contributed by atoms with Crippen molar-refractivity contribution in [3.63, 3.8) is 0 Å². The summed E-state index contributed by atoms with van der Waals surface area (Å²) in [6, 6.07) is 60.9. The number of nitrogens with one attached hydrogen (secondary N) is 1. The van der Waals surface area contributed by atoms with Gasteiger partial charge in [0.15, 0.2) is 0 Å². The van der Waals surface area contributed by atoms with Gasteiger partial charge in [0, 0.05) is 79.2 Å². The van der Waals surface area contributed by atoms with Crippen LogP contribution in [0.15, 0.2) is 175 Å². The van der Waals surface area contributed by atoms with E-state index in [4.69, 9.17) is 0 Å². The Hall–Kier alpha value is -7.30. The highest BCUT2D eigenvalue weighted by atomic mass is 32.1. The molecule has 17 rings (SSSR count). The first kappa shape index (κ1) is 46.6. The van der Waals surface area contributed by atoms with Crippen molar-refractivity contribution >= 4 is 84.8 Å². The molecule has 9 aromatic carbocycles. The van der Waals surface area contributed by atoms with Crippen molar-refractivity contribution in [2.45, 2.75) is 115 Å². The van der Waals surface area contributed by atoms with Gasteiger partial charge in [0.25, 0.3) is 0 Å². The first-order valence-corrected chi connectivity index (χ1v) is 31.5. The number of H-pyrrole nitrogens is 1. The molecule has 3 aromatic heterocycles. The number of thiophene rings is 2. The Labute approximate surface area is 471 Å². The van der Waals surface area contributed by atoms with E-state index >= 15 is 0 Å².